The van der Waals surface area contributed by atoms with Crippen LogP contribution in [0, 0.1) is 29.6 Å². The molecule has 4 saturated heterocycles. The second-order valence-electron chi connectivity index (χ2n) is 22.6. The zero-order valence-electron chi connectivity index (χ0n) is 46.3. The number of aryl methyl sites for hydroxylation is 1. The summed E-state index contributed by atoms with van der Waals surface area (Å²) in [5, 5.41) is 24.4. The Balaban J connectivity index is 1.14. The molecule has 4 unspecified atom stereocenters. The maximum atomic E-state index is 14.9. The minimum absolute atomic E-state index is 0.0986. The number of aromatic nitrogens is 4. The lowest BCUT2D eigenvalue weighted by Crippen LogP contribution is -2.58. The van der Waals surface area contributed by atoms with E-state index in [1.54, 1.807) is 25.5 Å². The van der Waals surface area contributed by atoms with E-state index in [4.69, 9.17) is 62.1 Å². The first-order chi connectivity index (χ1) is 36.3. The Morgan fingerprint density at radius 3 is 2.30 bits per heavy atom. The number of cyclic esters (lactones) is 1. The predicted molar refractivity (Wildman–Crippen MR) is 291 cm³/mol. The number of Topliss-reactive ketones (excluding diaryl/α,β-unsaturated/α-hetero) is 1. The van der Waals surface area contributed by atoms with E-state index in [2.05, 4.69) is 25.2 Å². The molecule has 3 aromatic heterocycles. The number of esters is 2. The first kappa shape index (κ1) is 60.9. The standard InChI is InChI=1S/C54H79Cl2N7O13S/c1-13-37-54(8)40(46(51(69)76-54)77-17-16-63-26-60-42-43(63)33(23-59-48(42)57)49(67)61-41-34(55)24-58-25-35(41)56)29(4)44(65)27(2)20-52(6,70-11)21-28(3)45(30(5)50(68)74-37)75-39-22-53(7,71-12)47(66)36(73-39)15-14-32-18-31(62(9)10)19-38(64)72-32/h23-32,36-40,45-47,64,66H,13-22H2,1-12H3,(H2,57,59)(H,58,61,67)/t27-,28-,29-,30?,31+,32-,36+,37-,38-,39+,40?,45+,46?,47+,52?,53-,54-/m1/s1. The fourth-order valence-electron chi connectivity index (χ4n) is 12.4. The summed E-state index contributed by atoms with van der Waals surface area (Å²) in [6.07, 6.45) is 3.08. The number of nitrogens with zero attached hydrogens (tertiary/aromatic N) is 5. The number of nitrogens with one attached hydrogen (secondary N) is 1. The monoisotopic (exact) mass is 1140 g/mol. The molecule has 0 saturated carbocycles. The van der Waals surface area contributed by atoms with Crippen LogP contribution in [0.4, 0.5) is 11.5 Å². The van der Waals surface area contributed by atoms with Gasteiger partial charge in [0.05, 0.1) is 68.6 Å². The molecule has 4 aliphatic rings. The van der Waals surface area contributed by atoms with Crippen molar-refractivity contribution in [2.45, 2.75) is 184 Å². The van der Waals surface area contributed by atoms with Gasteiger partial charge < -0.3 is 63.9 Å². The van der Waals surface area contributed by atoms with Gasteiger partial charge >= 0.3 is 11.9 Å². The van der Waals surface area contributed by atoms with Crippen LogP contribution in [0.15, 0.2) is 24.9 Å². The molecule has 4 aliphatic heterocycles. The summed E-state index contributed by atoms with van der Waals surface area (Å²) < 4.78 is 46.4. The minimum Gasteiger partial charge on any atom is -0.458 e. The van der Waals surface area contributed by atoms with Crippen LogP contribution in [0.2, 0.25) is 10.0 Å². The van der Waals surface area contributed by atoms with Gasteiger partial charge in [-0.05, 0) is 86.2 Å². The summed E-state index contributed by atoms with van der Waals surface area (Å²) in [6.45, 7) is 15.0. The minimum atomic E-state index is -1.45. The number of hydrogen-bond acceptors (Lipinski definition) is 19. The quantitative estimate of drug-likeness (QED) is 0.111. The highest BCUT2D eigenvalue weighted by Crippen LogP contribution is 2.49. The van der Waals surface area contributed by atoms with Crippen molar-refractivity contribution < 1.29 is 62.5 Å². The molecule has 0 radical (unpaired) electrons. The number of methoxy groups -OCH3 is 2. The molecule has 0 aromatic carbocycles. The van der Waals surface area contributed by atoms with Crippen LogP contribution >= 0.6 is 35.0 Å². The smallest absolute Gasteiger partial charge is 0.320 e. The van der Waals surface area contributed by atoms with Crippen LogP contribution in [-0.4, -0.2) is 164 Å². The number of anilines is 2. The number of nitrogens with two attached hydrogens (primary N) is 1. The third-order valence-corrected chi connectivity index (χ3v) is 18.7. The number of thioether (sulfide) groups is 1. The van der Waals surface area contributed by atoms with E-state index in [1.807, 2.05) is 55.6 Å². The first-order valence-electron chi connectivity index (χ1n) is 26.7. The lowest BCUT2D eigenvalue weighted by molar-refractivity contribution is -0.302. The van der Waals surface area contributed by atoms with E-state index in [9.17, 15) is 29.4 Å². The molecule has 428 valence electrons. The highest BCUT2D eigenvalue weighted by Gasteiger charge is 2.61. The van der Waals surface area contributed by atoms with Crippen LogP contribution in [0.3, 0.4) is 0 Å². The van der Waals surface area contributed by atoms with Gasteiger partial charge in [-0.2, -0.15) is 0 Å². The zero-order chi connectivity index (χ0) is 56.5. The van der Waals surface area contributed by atoms with Crippen LogP contribution in [0.5, 0.6) is 0 Å². The maximum absolute atomic E-state index is 14.9. The molecule has 3 aromatic rings. The number of carbonyl (C=O) groups is 4. The number of aliphatic hydroxyl groups excluding tert-OH is 2. The average molecular weight is 1140 g/mol. The van der Waals surface area contributed by atoms with Gasteiger partial charge in [-0.3, -0.25) is 24.2 Å². The van der Waals surface area contributed by atoms with Gasteiger partial charge in [0, 0.05) is 81.7 Å². The number of amides is 1. The average Bonchev–Trinajstić information content (AvgIpc) is 3.98. The van der Waals surface area contributed by atoms with Crippen molar-refractivity contribution in [2.75, 3.05) is 45.1 Å². The molecule has 1 amide bonds. The zero-order valence-corrected chi connectivity index (χ0v) is 48.7. The van der Waals surface area contributed by atoms with Gasteiger partial charge in [-0.15, -0.1) is 11.8 Å². The number of nitrogen functional groups attached to an aromatic ring is 1. The number of carbonyl (C=O) groups excluding carboxylic acids is 4. The normalized spacial score (nSPS) is 36.6. The number of aliphatic hydroxyl groups is 2. The van der Waals surface area contributed by atoms with Gasteiger partial charge in [0.2, 0.25) is 0 Å². The number of rotatable bonds is 15. The molecule has 17 atom stereocenters. The fourth-order valence-corrected chi connectivity index (χ4v) is 14.3. The van der Waals surface area contributed by atoms with Crippen LogP contribution in [0.1, 0.15) is 117 Å². The van der Waals surface area contributed by atoms with Gasteiger partial charge in [0.15, 0.2) is 24.0 Å². The first-order valence-corrected chi connectivity index (χ1v) is 28.5. The number of fused-ring (bicyclic) bond motifs is 2. The summed E-state index contributed by atoms with van der Waals surface area (Å²) in [4.78, 5) is 72.7. The molecule has 23 heteroatoms. The molecule has 0 spiro atoms. The van der Waals surface area contributed by atoms with Crippen molar-refractivity contribution in [2.24, 2.45) is 29.6 Å². The molecule has 7 heterocycles. The molecule has 5 N–H and O–H groups in total. The number of ether oxygens (including phenoxy) is 7. The third kappa shape index (κ3) is 13.1. The molecule has 4 fully saturated rings. The Hall–Kier alpha value is -3.74. The highest BCUT2D eigenvalue weighted by molar-refractivity contribution is 8.00. The fraction of sp³-hybridized carbons (Fsp3) is 0.722. The largest absolute Gasteiger partial charge is 0.458 e. The predicted octanol–water partition coefficient (Wildman–Crippen LogP) is 7.11. The second-order valence-corrected chi connectivity index (χ2v) is 24.6. The van der Waals surface area contributed by atoms with E-state index in [0.29, 0.717) is 49.8 Å². The number of pyridine rings is 2. The van der Waals surface area contributed by atoms with Gasteiger partial charge in [0.1, 0.15) is 28.8 Å². The molecular formula is C54H79Cl2N7O13S. The van der Waals surface area contributed by atoms with Crippen LogP contribution < -0.4 is 11.1 Å². The van der Waals surface area contributed by atoms with Crippen molar-refractivity contribution in [3.63, 3.8) is 0 Å². The number of hydrogen-bond donors (Lipinski definition) is 4. The van der Waals surface area contributed by atoms with E-state index < -0.39 is 101 Å². The van der Waals surface area contributed by atoms with E-state index in [1.165, 1.54) is 43.8 Å². The summed E-state index contributed by atoms with van der Waals surface area (Å²) >= 11 is 14.0. The Labute approximate surface area is 465 Å². The van der Waals surface area contributed by atoms with E-state index in [0.717, 1.165) is 0 Å². The Bertz CT molecular complexity index is 2580. The van der Waals surface area contributed by atoms with Gasteiger partial charge in [0.25, 0.3) is 5.91 Å². The molecule has 7 rings (SSSR count). The molecular weight excluding hydrogens is 1060 g/mol. The topological polar surface area (TPSA) is 258 Å². The number of halogens is 2. The Morgan fingerprint density at radius 2 is 1.65 bits per heavy atom. The molecule has 77 heavy (non-hydrogen) atoms. The lowest BCUT2D eigenvalue weighted by Gasteiger charge is -2.47. The van der Waals surface area contributed by atoms with Crippen molar-refractivity contribution in [1.82, 2.24) is 24.4 Å². The van der Waals surface area contributed by atoms with E-state index in [-0.39, 0.29) is 75.9 Å². The molecule has 20 nitrogen and oxygen atoms in total. The summed E-state index contributed by atoms with van der Waals surface area (Å²) in [5.41, 5.74) is 3.82. The van der Waals surface area contributed by atoms with Crippen molar-refractivity contribution in [3.05, 3.63) is 40.5 Å². The third-order valence-electron chi connectivity index (χ3n) is 16.8. The van der Waals surface area contributed by atoms with Crippen LogP contribution in [0.25, 0.3) is 11.0 Å². The van der Waals surface area contributed by atoms with Gasteiger partial charge in [-0.1, -0.05) is 50.9 Å². The number of imidazole rings is 1. The summed E-state index contributed by atoms with van der Waals surface area (Å²) in [5.74, 6) is -4.72. The molecule has 0 bridgehead atoms. The summed E-state index contributed by atoms with van der Waals surface area (Å²) in [6, 6.07) is 0.127. The van der Waals surface area contributed by atoms with Gasteiger partial charge in [-0.25, -0.2) is 9.97 Å². The maximum Gasteiger partial charge on any atom is 0.320 e. The molecule has 0 aliphatic carbocycles. The van der Waals surface area contributed by atoms with Crippen molar-refractivity contribution in [3.8, 4) is 0 Å². The Morgan fingerprint density at radius 1 is 0.948 bits per heavy atom. The second kappa shape index (κ2) is 25.0. The number of ketones is 1. The van der Waals surface area contributed by atoms with Crippen molar-refractivity contribution >= 4 is 81.1 Å². The SMILES string of the molecule is CC[C@H]1OC(=O)C(C)[C@@H](O[C@H]2C[C@@](C)(OC)[C@@H](O)[C@H](CC[C@@H]3C[C@H](N(C)C)C[C@H](O)O3)O2)[C@H](C)CC(C)(OC)C[C@@H](C)C(=O)[C@H](C)C2C(SCCn3cnc4c(N)ncc(C(=O)Nc5c(Cl)cncc5Cl)c43)C(=O)O[C@@]21C. The van der Waals surface area contributed by atoms with Crippen molar-refractivity contribution in [1.29, 1.82) is 0 Å². The lowest BCUT2D eigenvalue weighted by atomic mass is 9.70. The van der Waals surface area contributed by atoms with Crippen LogP contribution in [-0.2, 0) is 54.1 Å². The Kier molecular flexibility index (Phi) is 19.7. The van der Waals surface area contributed by atoms with E-state index >= 15 is 0 Å². The highest BCUT2D eigenvalue weighted by atomic mass is 35.5. The summed E-state index contributed by atoms with van der Waals surface area (Å²) in [7, 11) is 7.09.